The Morgan fingerprint density at radius 2 is 2.15 bits per heavy atom. The molecule has 1 heterocycles. The molecule has 5 nitrogen and oxygen atoms in total. The van der Waals surface area contributed by atoms with Crippen molar-refractivity contribution in [1.82, 2.24) is 15.1 Å². The van der Waals surface area contributed by atoms with Gasteiger partial charge < -0.3 is 15.3 Å². The Morgan fingerprint density at radius 1 is 1.40 bits per heavy atom. The molecule has 1 saturated heterocycles. The van der Waals surface area contributed by atoms with Crippen molar-refractivity contribution in [3.8, 4) is 0 Å². The van der Waals surface area contributed by atoms with Crippen LogP contribution in [0.2, 0.25) is 0 Å². The van der Waals surface area contributed by atoms with Gasteiger partial charge in [0.1, 0.15) is 6.04 Å². The zero-order chi connectivity index (χ0) is 14.5. The van der Waals surface area contributed by atoms with Crippen LogP contribution in [0.3, 0.4) is 0 Å². The van der Waals surface area contributed by atoms with Crippen LogP contribution in [0, 0.1) is 0 Å². The van der Waals surface area contributed by atoms with Crippen LogP contribution in [0.25, 0.3) is 0 Å². The molecule has 0 aromatic carbocycles. The van der Waals surface area contributed by atoms with E-state index in [-0.39, 0.29) is 6.04 Å². The van der Waals surface area contributed by atoms with Gasteiger partial charge in [-0.25, -0.2) is 0 Å². The first-order chi connectivity index (χ1) is 9.60. The van der Waals surface area contributed by atoms with E-state index in [0.717, 1.165) is 45.4 Å². The SMILES string of the molecule is CCC1CN(C)CCCN1CCC(NC1CC1)C(=O)O. The van der Waals surface area contributed by atoms with E-state index in [1.807, 2.05) is 0 Å². The predicted molar refractivity (Wildman–Crippen MR) is 80.0 cm³/mol. The Balaban J connectivity index is 1.84. The van der Waals surface area contributed by atoms with Gasteiger partial charge in [-0.3, -0.25) is 9.69 Å². The van der Waals surface area contributed by atoms with Crippen LogP contribution in [0.1, 0.15) is 39.0 Å². The molecule has 2 aliphatic rings. The predicted octanol–water partition coefficient (Wildman–Crippen LogP) is 0.998. The lowest BCUT2D eigenvalue weighted by atomic mass is 10.1. The zero-order valence-corrected chi connectivity index (χ0v) is 12.8. The third-order valence-electron chi connectivity index (χ3n) is 4.51. The molecule has 2 rings (SSSR count). The van der Waals surface area contributed by atoms with Crippen molar-refractivity contribution in [1.29, 1.82) is 0 Å². The first-order valence-corrected chi connectivity index (χ1v) is 8.01. The summed E-state index contributed by atoms with van der Waals surface area (Å²) in [4.78, 5) is 16.2. The highest BCUT2D eigenvalue weighted by Crippen LogP contribution is 2.20. The molecule has 0 amide bonds. The van der Waals surface area contributed by atoms with Crippen LogP contribution in [-0.2, 0) is 4.79 Å². The number of hydrogen-bond donors (Lipinski definition) is 2. The van der Waals surface area contributed by atoms with Gasteiger partial charge in [0.15, 0.2) is 0 Å². The summed E-state index contributed by atoms with van der Waals surface area (Å²) >= 11 is 0. The third-order valence-corrected chi connectivity index (χ3v) is 4.51. The normalized spacial score (nSPS) is 27.2. The van der Waals surface area contributed by atoms with E-state index in [1.54, 1.807) is 0 Å². The van der Waals surface area contributed by atoms with Crippen molar-refractivity contribution in [2.75, 3.05) is 33.2 Å². The van der Waals surface area contributed by atoms with E-state index < -0.39 is 5.97 Å². The summed E-state index contributed by atoms with van der Waals surface area (Å²) < 4.78 is 0. The summed E-state index contributed by atoms with van der Waals surface area (Å²) in [6, 6.07) is 0.646. The highest BCUT2D eigenvalue weighted by molar-refractivity contribution is 5.73. The maximum atomic E-state index is 11.3. The average Bonchev–Trinajstić information content (AvgIpc) is 3.22. The molecule has 0 radical (unpaired) electrons. The van der Waals surface area contributed by atoms with Gasteiger partial charge in [0.05, 0.1) is 0 Å². The Bertz CT molecular complexity index is 320. The maximum Gasteiger partial charge on any atom is 0.320 e. The number of carboxylic acid groups (broad SMARTS) is 1. The molecule has 0 bridgehead atoms. The number of aliphatic carboxylic acids is 1. The van der Waals surface area contributed by atoms with E-state index in [2.05, 4.69) is 29.1 Å². The van der Waals surface area contributed by atoms with Crippen LogP contribution < -0.4 is 5.32 Å². The minimum Gasteiger partial charge on any atom is -0.480 e. The molecule has 1 aliphatic heterocycles. The molecule has 2 fully saturated rings. The summed E-state index contributed by atoms with van der Waals surface area (Å²) in [5.74, 6) is -0.697. The molecular formula is C15H29N3O2. The van der Waals surface area contributed by atoms with E-state index in [4.69, 9.17) is 0 Å². The van der Waals surface area contributed by atoms with Crippen LogP contribution in [-0.4, -0.2) is 72.2 Å². The van der Waals surface area contributed by atoms with Gasteiger partial charge in [-0.2, -0.15) is 0 Å². The summed E-state index contributed by atoms with van der Waals surface area (Å²) in [5, 5.41) is 12.6. The number of carbonyl (C=O) groups is 1. The monoisotopic (exact) mass is 283 g/mol. The number of hydrogen-bond acceptors (Lipinski definition) is 4. The van der Waals surface area contributed by atoms with Crippen LogP contribution in [0.15, 0.2) is 0 Å². The fourth-order valence-corrected chi connectivity index (χ4v) is 3.08. The number of nitrogens with one attached hydrogen (secondary N) is 1. The topological polar surface area (TPSA) is 55.8 Å². The lowest BCUT2D eigenvalue weighted by molar-refractivity contribution is -0.139. The number of likely N-dealkylation sites (N-methyl/N-ethyl adjacent to an activating group) is 1. The molecule has 2 N–H and O–H groups in total. The van der Waals surface area contributed by atoms with Gasteiger partial charge in [-0.05, 0) is 52.2 Å². The average molecular weight is 283 g/mol. The maximum absolute atomic E-state index is 11.3. The first kappa shape index (κ1) is 15.7. The third kappa shape index (κ3) is 4.72. The molecule has 1 aliphatic carbocycles. The molecular weight excluding hydrogens is 254 g/mol. The number of carboxylic acids is 1. The largest absolute Gasteiger partial charge is 0.480 e. The van der Waals surface area contributed by atoms with Crippen molar-refractivity contribution in [3.05, 3.63) is 0 Å². The molecule has 2 atom stereocenters. The standard InChI is InChI=1S/C15H29N3O2/c1-3-13-11-17(2)8-4-9-18(13)10-7-14(15(19)20)16-12-5-6-12/h12-14,16H,3-11H2,1-2H3,(H,19,20). The molecule has 20 heavy (non-hydrogen) atoms. The van der Waals surface area contributed by atoms with Gasteiger partial charge in [0.2, 0.25) is 0 Å². The second-order valence-corrected chi connectivity index (χ2v) is 6.33. The van der Waals surface area contributed by atoms with E-state index in [9.17, 15) is 9.90 Å². The second kappa shape index (κ2) is 7.38. The Kier molecular flexibility index (Phi) is 5.81. The molecule has 116 valence electrons. The van der Waals surface area contributed by atoms with Crippen molar-refractivity contribution >= 4 is 5.97 Å². The Hall–Kier alpha value is -0.650. The Labute approximate surface area is 122 Å². The van der Waals surface area contributed by atoms with E-state index in [0.29, 0.717) is 18.5 Å². The van der Waals surface area contributed by atoms with Crippen LogP contribution in [0.5, 0.6) is 0 Å². The molecule has 2 unspecified atom stereocenters. The lowest BCUT2D eigenvalue weighted by Gasteiger charge is -2.31. The highest BCUT2D eigenvalue weighted by Gasteiger charge is 2.29. The van der Waals surface area contributed by atoms with Crippen molar-refractivity contribution < 1.29 is 9.90 Å². The molecule has 0 aromatic heterocycles. The fraction of sp³-hybridized carbons (Fsp3) is 0.933. The molecule has 0 spiro atoms. The summed E-state index contributed by atoms with van der Waals surface area (Å²) in [5.41, 5.74) is 0. The minimum atomic E-state index is -0.697. The van der Waals surface area contributed by atoms with Crippen LogP contribution in [0.4, 0.5) is 0 Å². The number of rotatable bonds is 7. The zero-order valence-electron chi connectivity index (χ0n) is 12.8. The van der Waals surface area contributed by atoms with Gasteiger partial charge in [0.25, 0.3) is 0 Å². The summed E-state index contributed by atoms with van der Waals surface area (Å²) in [6.45, 7) is 6.47. The van der Waals surface area contributed by atoms with Crippen molar-refractivity contribution in [2.24, 2.45) is 0 Å². The smallest absolute Gasteiger partial charge is 0.320 e. The van der Waals surface area contributed by atoms with Gasteiger partial charge in [0, 0.05) is 25.2 Å². The fourth-order valence-electron chi connectivity index (χ4n) is 3.08. The van der Waals surface area contributed by atoms with Crippen LogP contribution >= 0.6 is 0 Å². The van der Waals surface area contributed by atoms with Gasteiger partial charge >= 0.3 is 5.97 Å². The summed E-state index contributed by atoms with van der Waals surface area (Å²) in [6.07, 6.45) is 5.30. The Morgan fingerprint density at radius 3 is 2.75 bits per heavy atom. The first-order valence-electron chi connectivity index (χ1n) is 8.01. The summed E-state index contributed by atoms with van der Waals surface area (Å²) in [7, 11) is 2.18. The lowest BCUT2D eigenvalue weighted by Crippen LogP contribution is -2.44. The minimum absolute atomic E-state index is 0.374. The van der Waals surface area contributed by atoms with E-state index in [1.165, 1.54) is 6.42 Å². The number of nitrogens with zero attached hydrogens (tertiary/aromatic N) is 2. The van der Waals surface area contributed by atoms with E-state index >= 15 is 0 Å². The van der Waals surface area contributed by atoms with Crippen molar-refractivity contribution in [2.45, 2.75) is 57.2 Å². The molecule has 1 saturated carbocycles. The molecule has 5 heteroatoms. The quantitative estimate of drug-likeness (QED) is 0.730. The highest BCUT2D eigenvalue weighted by atomic mass is 16.4. The van der Waals surface area contributed by atoms with Crippen molar-refractivity contribution in [3.63, 3.8) is 0 Å². The second-order valence-electron chi connectivity index (χ2n) is 6.33. The van der Waals surface area contributed by atoms with Gasteiger partial charge in [-0.15, -0.1) is 0 Å². The van der Waals surface area contributed by atoms with Gasteiger partial charge in [-0.1, -0.05) is 6.92 Å². The molecule has 0 aromatic rings.